The maximum Gasteiger partial charge on any atom is 0.257 e. The predicted molar refractivity (Wildman–Crippen MR) is 107 cm³/mol. The zero-order valence-corrected chi connectivity index (χ0v) is 15.6. The summed E-state index contributed by atoms with van der Waals surface area (Å²) < 4.78 is 0. The van der Waals surface area contributed by atoms with Gasteiger partial charge in [-0.3, -0.25) is 9.78 Å². The van der Waals surface area contributed by atoms with E-state index in [1.807, 2.05) is 38.1 Å². The fraction of sp³-hybridized carbons (Fsp3) is 0.182. The summed E-state index contributed by atoms with van der Waals surface area (Å²) in [7, 11) is 0. The normalized spacial score (nSPS) is 10.5. The molecule has 4 nitrogen and oxygen atoms in total. The fourth-order valence-electron chi connectivity index (χ4n) is 2.64. The molecule has 3 aromatic rings. The molecule has 1 heterocycles. The van der Waals surface area contributed by atoms with Crippen LogP contribution in [0.4, 0.5) is 17.1 Å². The van der Waals surface area contributed by atoms with Crippen LogP contribution in [0.15, 0.2) is 54.9 Å². The molecule has 0 saturated heterocycles. The van der Waals surface area contributed by atoms with Crippen LogP contribution >= 0.6 is 0 Å². The van der Waals surface area contributed by atoms with Crippen molar-refractivity contribution in [1.82, 2.24) is 4.98 Å². The van der Waals surface area contributed by atoms with Crippen molar-refractivity contribution in [2.75, 3.05) is 10.6 Å². The third-order valence-electron chi connectivity index (χ3n) is 4.56. The van der Waals surface area contributed by atoms with E-state index in [0.717, 1.165) is 22.6 Å². The summed E-state index contributed by atoms with van der Waals surface area (Å²) in [5.74, 6) is -0.176. The standard InChI is InChI=1S/C22H23N3O/c1-14-5-7-19(9-16(14)3)24-21-11-18(12-23-13-21)22(26)25-20-8-6-15(2)17(4)10-20/h5-13,24H,1-4H3,(H,25,26). The Morgan fingerprint density at radius 2 is 1.35 bits per heavy atom. The van der Waals surface area contributed by atoms with Crippen LogP contribution in [0.1, 0.15) is 32.6 Å². The summed E-state index contributed by atoms with van der Waals surface area (Å²) in [6.07, 6.45) is 3.28. The van der Waals surface area contributed by atoms with Crippen molar-refractivity contribution in [1.29, 1.82) is 0 Å². The Morgan fingerprint density at radius 1 is 0.731 bits per heavy atom. The number of benzene rings is 2. The van der Waals surface area contributed by atoms with Gasteiger partial charge in [0.25, 0.3) is 5.91 Å². The van der Waals surface area contributed by atoms with Gasteiger partial charge in [-0.2, -0.15) is 0 Å². The molecule has 0 aliphatic rings. The van der Waals surface area contributed by atoms with Crippen LogP contribution in [0.5, 0.6) is 0 Å². The lowest BCUT2D eigenvalue weighted by Gasteiger charge is -2.11. The molecular weight excluding hydrogens is 322 g/mol. The Bertz CT molecular complexity index is 963. The lowest BCUT2D eigenvalue weighted by Crippen LogP contribution is -2.12. The molecule has 0 spiro atoms. The Kier molecular flexibility index (Phi) is 5.03. The van der Waals surface area contributed by atoms with E-state index >= 15 is 0 Å². The second-order valence-corrected chi connectivity index (χ2v) is 6.64. The van der Waals surface area contributed by atoms with Crippen molar-refractivity contribution in [3.63, 3.8) is 0 Å². The number of rotatable bonds is 4. The number of nitrogens with zero attached hydrogens (tertiary/aromatic N) is 1. The van der Waals surface area contributed by atoms with Gasteiger partial charge in [-0.25, -0.2) is 0 Å². The minimum absolute atomic E-state index is 0.176. The Labute approximate surface area is 154 Å². The number of pyridine rings is 1. The van der Waals surface area contributed by atoms with Gasteiger partial charge in [-0.1, -0.05) is 12.1 Å². The van der Waals surface area contributed by atoms with Crippen LogP contribution in [0.25, 0.3) is 0 Å². The minimum Gasteiger partial charge on any atom is -0.354 e. The molecule has 0 unspecified atom stereocenters. The van der Waals surface area contributed by atoms with Crippen molar-refractivity contribution in [3.8, 4) is 0 Å². The van der Waals surface area contributed by atoms with E-state index in [2.05, 4.69) is 41.6 Å². The molecule has 0 aliphatic carbocycles. The van der Waals surface area contributed by atoms with Gasteiger partial charge >= 0.3 is 0 Å². The molecule has 0 atom stereocenters. The van der Waals surface area contributed by atoms with Gasteiger partial charge in [0.15, 0.2) is 0 Å². The molecule has 1 aromatic heterocycles. The molecule has 0 saturated carbocycles. The lowest BCUT2D eigenvalue weighted by atomic mass is 10.1. The highest BCUT2D eigenvalue weighted by Crippen LogP contribution is 2.20. The van der Waals surface area contributed by atoms with Gasteiger partial charge in [0.1, 0.15) is 0 Å². The smallest absolute Gasteiger partial charge is 0.257 e. The summed E-state index contributed by atoms with van der Waals surface area (Å²) in [6, 6.07) is 13.9. The van der Waals surface area contributed by atoms with Crippen molar-refractivity contribution < 1.29 is 4.79 Å². The molecule has 0 aliphatic heterocycles. The summed E-state index contributed by atoms with van der Waals surface area (Å²) in [5, 5.41) is 6.23. The number of aryl methyl sites for hydroxylation is 4. The fourth-order valence-corrected chi connectivity index (χ4v) is 2.64. The van der Waals surface area contributed by atoms with E-state index in [1.165, 1.54) is 16.7 Å². The number of hydrogen-bond acceptors (Lipinski definition) is 3. The van der Waals surface area contributed by atoms with Crippen LogP contribution < -0.4 is 10.6 Å². The third kappa shape index (κ3) is 4.09. The average molecular weight is 345 g/mol. The molecule has 26 heavy (non-hydrogen) atoms. The first-order valence-corrected chi connectivity index (χ1v) is 8.60. The van der Waals surface area contributed by atoms with Crippen molar-refractivity contribution in [2.45, 2.75) is 27.7 Å². The van der Waals surface area contributed by atoms with Crippen molar-refractivity contribution >= 4 is 23.0 Å². The molecule has 132 valence electrons. The topological polar surface area (TPSA) is 54.0 Å². The Balaban J connectivity index is 1.76. The van der Waals surface area contributed by atoms with Gasteiger partial charge in [0.05, 0.1) is 17.4 Å². The maximum absolute atomic E-state index is 12.5. The molecule has 0 radical (unpaired) electrons. The molecule has 2 aromatic carbocycles. The van der Waals surface area contributed by atoms with Crippen molar-refractivity contribution in [2.24, 2.45) is 0 Å². The molecule has 4 heteroatoms. The number of anilines is 3. The van der Waals surface area contributed by atoms with Gasteiger partial charge in [0, 0.05) is 17.6 Å². The largest absolute Gasteiger partial charge is 0.354 e. The second-order valence-electron chi connectivity index (χ2n) is 6.64. The predicted octanol–water partition coefficient (Wildman–Crippen LogP) is 5.31. The van der Waals surface area contributed by atoms with Gasteiger partial charge in [-0.15, -0.1) is 0 Å². The first-order chi connectivity index (χ1) is 12.4. The number of aromatic nitrogens is 1. The molecule has 0 fully saturated rings. The molecule has 0 bridgehead atoms. The summed E-state index contributed by atoms with van der Waals surface area (Å²) in [4.78, 5) is 16.7. The summed E-state index contributed by atoms with van der Waals surface area (Å²) >= 11 is 0. The number of carbonyl (C=O) groups is 1. The summed E-state index contributed by atoms with van der Waals surface area (Å²) in [6.45, 7) is 8.23. The van der Waals surface area contributed by atoms with Crippen LogP contribution in [0.3, 0.4) is 0 Å². The van der Waals surface area contributed by atoms with E-state index in [9.17, 15) is 4.79 Å². The third-order valence-corrected chi connectivity index (χ3v) is 4.56. The van der Waals surface area contributed by atoms with E-state index in [1.54, 1.807) is 18.5 Å². The second kappa shape index (κ2) is 7.40. The summed E-state index contributed by atoms with van der Waals surface area (Å²) in [5.41, 5.74) is 7.85. The van der Waals surface area contributed by atoms with Crippen LogP contribution in [-0.4, -0.2) is 10.9 Å². The van der Waals surface area contributed by atoms with Gasteiger partial charge < -0.3 is 10.6 Å². The first-order valence-electron chi connectivity index (χ1n) is 8.60. The van der Waals surface area contributed by atoms with Gasteiger partial charge in [-0.05, 0) is 80.3 Å². The average Bonchev–Trinajstić information content (AvgIpc) is 2.61. The number of hydrogen-bond donors (Lipinski definition) is 2. The monoisotopic (exact) mass is 345 g/mol. The highest BCUT2D eigenvalue weighted by atomic mass is 16.1. The quantitative estimate of drug-likeness (QED) is 0.673. The van der Waals surface area contributed by atoms with Gasteiger partial charge in [0.2, 0.25) is 0 Å². The highest BCUT2D eigenvalue weighted by Gasteiger charge is 2.09. The van der Waals surface area contributed by atoms with E-state index in [0.29, 0.717) is 5.56 Å². The SMILES string of the molecule is Cc1ccc(NC(=O)c2cncc(Nc3ccc(C)c(C)c3)c2)cc1C. The maximum atomic E-state index is 12.5. The van der Waals surface area contributed by atoms with Crippen LogP contribution in [0.2, 0.25) is 0 Å². The van der Waals surface area contributed by atoms with Crippen molar-refractivity contribution in [3.05, 3.63) is 82.7 Å². The van der Waals surface area contributed by atoms with Crippen LogP contribution in [-0.2, 0) is 0 Å². The number of carbonyl (C=O) groups excluding carboxylic acids is 1. The van der Waals surface area contributed by atoms with Crippen LogP contribution in [0, 0.1) is 27.7 Å². The molecule has 2 N–H and O–H groups in total. The van der Waals surface area contributed by atoms with E-state index < -0.39 is 0 Å². The lowest BCUT2D eigenvalue weighted by molar-refractivity contribution is 0.102. The number of nitrogens with one attached hydrogen (secondary N) is 2. The van der Waals surface area contributed by atoms with E-state index in [4.69, 9.17) is 0 Å². The minimum atomic E-state index is -0.176. The Morgan fingerprint density at radius 3 is 2.00 bits per heavy atom. The zero-order valence-electron chi connectivity index (χ0n) is 15.6. The zero-order chi connectivity index (χ0) is 18.7. The van der Waals surface area contributed by atoms with E-state index in [-0.39, 0.29) is 5.91 Å². The highest BCUT2D eigenvalue weighted by molar-refractivity contribution is 6.04. The Hall–Kier alpha value is -3.14. The number of amides is 1. The molecular formula is C22H23N3O. The molecule has 1 amide bonds. The first kappa shape index (κ1) is 17.7. The molecule has 3 rings (SSSR count).